The lowest BCUT2D eigenvalue weighted by molar-refractivity contribution is 0.0948. The van der Waals surface area contributed by atoms with E-state index >= 15 is 0 Å². The van der Waals surface area contributed by atoms with Gasteiger partial charge in [0.05, 0.1) is 26.0 Å². The summed E-state index contributed by atoms with van der Waals surface area (Å²) in [6, 6.07) is 13.9. The predicted octanol–water partition coefficient (Wildman–Crippen LogP) is 2.14. The van der Waals surface area contributed by atoms with E-state index in [1.807, 2.05) is 31.2 Å². The summed E-state index contributed by atoms with van der Waals surface area (Å²) in [6.07, 6.45) is 1.55. The van der Waals surface area contributed by atoms with E-state index < -0.39 is 0 Å². The monoisotopic (exact) mass is 394 g/mol. The second kappa shape index (κ2) is 9.50. The molecule has 0 radical (unpaired) electrons. The van der Waals surface area contributed by atoms with Crippen molar-refractivity contribution < 1.29 is 14.3 Å². The van der Waals surface area contributed by atoms with Gasteiger partial charge in [-0.25, -0.2) is 9.67 Å². The topological polar surface area (TPSA) is 95.3 Å². The van der Waals surface area contributed by atoms with E-state index in [0.717, 1.165) is 11.3 Å². The van der Waals surface area contributed by atoms with Gasteiger partial charge >= 0.3 is 0 Å². The molecule has 1 N–H and O–H groups in total. The number of pyridine rings is 1. The number of ether oxygens (including phenoxy) is 2. The zero-order valence-corrected chi connectivity index (χ0v) is 16.3. The molecule has 150 valence electrons. The molecule has 2 aromatic heterocycles. The molecular formula is C21H22N4O4. The predicted molar refractivity (Wildman–Crippen MR) is 108 cm³/mol. The van der Waals surface area contributed by atoms with Crippen molar-refractivity contribution in [3.05, 3.63) is 70.6 Å². The van der Waals surface area contributed by atoms with Gasteiger partial charge in [0.2, 0.25) is 5.88 Å². The molecular weight excluding hydrogens is 372 g/mol. The number of rotatable bonds is 8. The number of amides is 1. The van der Waals surface area contributed by atoms with Crippen LogP contribution in [-0.4, -0.2) is 40.9 Å². The Morgan fingerprint density at radius 2 is 1.93 bits per heavy atom. The van der Waals surface area contributed by atoms with Crippen LogP contribution in [0.15, 0.2) is 59.5 Å². The molecule has 0 fully saturated rings. The average molecular weight is 394 g/mol. The van der Waals surface area contributed by atoms with E-state index in [2.05, 4.69) is 15.4 Å². The smallest absolute Gasteiger partial charge is 0.266 e. The summed E-state index contributed by atoms with van der Waals surface area (Å²) in [4.78, 5) is 28.5. The van der Waals surface area contributed by atoms with Gasteiger partial charge in [-0.2, -0.15) is 5.10 Å². The maximum Gasteiger partial charge on any atom is 0.266 e. The molecule has 0 saturated heterocycles. The number of carbonyl (C=O) groups excluding carboxylic acids is 1. The highest BCUT2D eigenvalue weighted by Gasteiger charge is 2.12. The molecule has 0 unspecified atom stereocenters. The first-order chi connectivity index (χ1) is 14.1. The third-order valence-corrected chi connectivity index (χ3v) is 4.15. The molecule has 1 aromatic carbocycles. The Kier molecular flexibility index (Phi) is 6.57. The van der Waals surface area contributed by atoms with E-state index in [-0.39, 0.29) is 30.4 Å². The number of methoxy groups -OCH3 is 1. The Morgan fingerprint density at radius 1 is 1.14 bits per heavy atom. The average Bonchev–Trinajstić information content (AvgIpc) is 2.75. The fourth-order valence-electron chi connectivity index (χ4n) is 2.75. The molecule has 1 amide bonds. The largest absolute Gasteiger partial charge is 0.494 e. The molecule has 0 spiro atoms. The van der Waals surface area contributed by atoms with Gasteiger partial charge in [-0.3, -0.25) is 9.59 Å². The lowest BCUT2D eigenvalue weighted by Crippen LogP contribution is -2.32. The zero-order chi connectivity index (χ0) is 20.6. The van der Waals surface area contributed by atoms with Crippen molar-refractivity contribution in [3.63, 3.8) is 0 Å². The number of aromatic nitrogens is 3. The summed E-state index contributed by atoms with van der Waals surface area (Å²) < 4.78 is 11.9. The number of benzene rings is 1. The maximum atomic E-state index is 12.3. The molecule has 0 aliphatic heterocycles. The fraction of sp³-hybridized carbons (Fsp3) is 0.238. The van der Waals surface area contributed by atoms with Crippen molar-refractivity contribution in [1.82, 2.24) is 20.1 Å². The number of carbonyl (C=O) groups is 1. The number of nitrogens with one attached hydrogen (secondary N) is 1. The number of nitrogens with zero attached hydrogens (tertiary/aromatic N) is 3. The van der Waals surface area contributed by atoms with Gasteiger partial charge in [0.15, 0.2) is 0 Å². The molecule has 0 aliphatic rings. The molecule has 0 aliphatic carbocycles. The van der Waals surface area contributed by atoms with Crippen molar-refractivity contribution in [2.45, 2.75) is 13.5 Å². The third-order valence-electron chi connectivity index (χ3n) is 4.15. The first kappa shape index (κ1) is 20.1. The minimum Gasteiger partial charge on any atom is -0.494 e. The van der Waals surface area contributed by atoms with Gasteiger partial charge in [-0.1, -0.05) is 0 Å². The van der Waals surface area contributed by atoms with E-state index in [1.165, 1.54) is 17.9 Å². The summed E-state index contributed by atoms with van der Waals surface area (Å²) in [5.41, 5.74) is 1.62. The second-order valence-electron chi connectivity index (χ2n) is 6.05. The van der Waals surface area contributed by atoms with Gasteiger partial charge in [0.25, 0.3) is 11.5 Å². The van der Waals surface area contributed by atoms with Gasteiger partial charge in [-0.05, 0) is 49.4 Å². The van der Waals surface area contributed by atoms with Crippen LogP contribution < -0.4 is 20.3 Å². The molecule has 3 rings (SSSR count). The van der Waals surface area contributed by atoms with Crippen LogP contribution in [0.3, 0.4) is 0 Å². The van der Waals surface area contributed by atoms with Crippen LogP contribution in [0.5, 0.6) is 11.6 Å². The highest BCUT2D eigenvalue weighted by atomic mass is 16.5. The van der Waals surface area contributed by atoms with Gasteiger partial charge in [0.1, 0.15) is 11.3 Å². The lowest BCUT2D eigenvalue weighted by atomic mass is 10.1. The van der Waals surface area contributed by atoms with Crippen molar-refractivity contribution in [3.8, 4) is 22.9 Å². The first-order valence-electron chi connectivity index (χ1n) is 9.21. The summed E-state index contributed by atoms with van der Waals surface area (Å²) >= 11 is 0. The van der Waals surface area contributed by atoms with Crippen molar-refractivity contribution in [2.75, 3.05) is 20.3 Å². The quantitative estimate of drug-likeness (QED) is 0.629. The molecule has 29 heavy (non-hydrogen) atoms. The highest BCUT2D eigenvalue weighted by Crippen LogP contribution is 2.19. The van der Waals surface area contributed by atoms with Crippen LogP contribution in [0.25, 0.3) is 11.3 Å². The van der Waals surface area contributed by atoms with Gasteiger partial charge < -0.3 is 14.8 Å². The number of hydrogen-bond acceptors (Lipinski definition) is 6. The Bertz CT molecular complexity index is 1030. The summed E-state index contributed by atoms with van der Waals surface area (Å²) in [6.45, 7) is 2.99. The van der Waals surface area contributed by atoms with E-state index in [0.29, 0.717) is 17.9 Å². The van der Waals surface area contributed by atoms with Gasteiger partial charge in [-0.15, -0.1) is 0 Å². The summed E-state index contributed by atoms with van der Waals surface area (Å²) in [7, 11) is 1.45. The highest BCUT2D eigenvalue weighted by molar-refractivity contribution is 5.96. The minimum atomic E-state index is -0.328. The van der Waals surface area contributed by atoms with Crippen molar-refractivity contribution >= 4 is 5.91 Å². The van der Waals surface area contributed by atoms with Gasteiger partial charge in [0, 0.05) is 24.4 Å². The molecule has 2 heterocycles. The Hall–Kier alpha value is -3.68. The Labute approximate surface area is 168 Å². The second-order valence-corrected chi connectivity index (χ2v) is 6.05. The van der Waals surface area contributed by atoms with E-state index in [9.17, 15) is 9.59 Å². The summed E-state index contributed by atoms with van der Waals surface area (Å²) in [5, 5.41) is 7.15. The molecule has 8 nitrogen and oxygen atoms in total. The van der Waals surface area contributed by atoms with Crippen LogP contribution in [-0.2, 0) is 6.54 Å². The molecule has 0 saturated carbocycles. The SMILES string of the molecule is CCOc1ccc(-c2ccc(=O)n(CCNC(=O)c3cccnc3OC)n2)cc1. The maximum absolute atomic E-state index is 12.3. The van der Waals surface area contributed by atoms with Crippen LogP contribution in [0.4, 0.5) is 0 Å². The fourth-order valence-corrected chi connectivity index (χ4v) is 2.75. The molecule has 8 heteroatoms. The van der Waals surface area contributed by atoms with E-state index in [1.54, 1.807) is 24.4 Å². The van der Waals surface area contributed by atoms with Crippen molar-refractivity contribution in [2.24, 2.45) is 0 Å². The van der Waals surface area contributed by atoms with Crippen LogP contribution in [0.1, 0.15) is 17.3 Å². The summed E-state index contributed by atoms with van der Waals surface area (Å²) in [5.74, 6) is 0.696. The standard InChI is InChI=1S/C21H22N4O4/c1-3-29-16-8-6-15(7-9-16)18-10-11-19(26)25(24-18)14-13-22-20(27)17-5-4-12-23-21(17)28-2/h4-12H,3,13-14H2,1-2H3,(H,22,27). The zero-order valence-electron chi connectivity index (χ0n) is 16.3. The first-order valence-corrected chi connectivity index (χ1v) is 9.21. The normalized spacial score (nSPS) is 10.4. The number of hydrogen-bond donors (Lipinski definition) is 1. The minimum absolute atomic E-state index is 0.233. The molecule has 0 atom stereocenters. The Morgan fingerprint density at radius 3 is 2.66 bits per heavy atom. The van der Waals surface area contributed by atoms with Crippen LogP contribution in [0.2, 0.25) is 0 Å². The Balaban J connectivity index is 1.67. The third kappa shape index (κ3) is 4.98. The van der Waals surface area contributed by atoms with Crippen LogP contribution in [0, 0.1) is 0 Å². The van der Waals surface area contributed by atoms with E-state index in [4.69, 9.17) is 9.47 Å². The molecule has 3 aromatic rings. The van der Waals surface area contributed by atoms with Crippen LogP contribution >= 0.6 is 0 Å². The molecule has 0 bridgehead atoms. The van der Waals surface area contributed by atoms with Crippen molar-refractivity contribution in [1.29, 1.82) is 0 Å². The lowest BCUT2D eigenvalue weighted by Gasteiger charge is -2.10.